The fourth-order valence-corrected chi connectivity index (χ4v) is 2.13. The largest absolute Gasteiger partial charge is 0.455 e. The molecule has 0 radical (unpaired) electrons. The van der Waals surface area contributed by atoms with Crippen molar-refractivity contribution in [2.75, 3.05) is 0 Å². The molecular weight excluding hydrogens is 317 g/mol. The third-order valence-electron chi connectivity index (χ3n) is 3.24. The fourth-order valence-electron chi connectivity index (χ4n) is 2.13. The van der Waals surface area contributed by atoms with Gasteiger partial charge in [-0.3, -0.25) is 0 Å². The number of carbonyl (C=O) groups excluding carboxylic acids is 1. The summed E-state index contributed by atoms with van der Waals surface area (Å²) < 4.78 is 19.6. The first-order chi connectivity index (χ1) is 11.4. The van der Waals surface area contributed by atoms with Gasteiger partial charge in [0.1, 0.15) is 24.7 Å². The molecule has 0 N–H and O–H groups in total. The summed E-state index contributed by atoms with van der Waals surface area (Å²) in [5.41, 5.74) is 0.528. The lowest BCUT2D eigenvalue weighted by Gasteiger charge is -2.11. The minimum atomic E-state index is -0.618. The molecular formula is C16H16FN3O4. The minimum Gasteiger partial charge on any atom is -0.455 e. The van der Waals surface area contributed by atoms with Crippen LogP contribution in [-0.4, -0.2) is 26.5 Å². The van der Waals surface area contributed by atoms with Gasteiger partial charge in [-0.25, -0.2) is 18.7 Å². The van der Waals surface area contributed by atoms with Crippen molar-refractivity contribution < 1.29 is 18.8 Å². The Bertz CT molecular complexity index is 785. The number of esters is 1. The smallest absolute Gasteiger partial charge is 0.342 e. The molecule has 7 nitrogen and oxygen atoms in total. The van der Waals surface area contributed by atoms with Crippen molar-refractivity contribution >= 4 is 17.9 Å². The van der Waals surface area contributed by atoms with Gasteiger partial charge in [-0.15, -0.1) is 0 Å². The zero-order chi connectivity index (χ0) is 17.7. The van der Waals surface area contributed by atoms with Crippen LogP contribution in [0.15, 0.2) is 36.5 Å². The molecule has 0 fully saturated rings. The minimum absolute atomic E-state index is 0.113. The van der Waals surface area contributed by atoms with Gasteiger partial charge >= 0.3 is 11.8 Å². The van der Waals surface area contributed by atoms with Crippen molar-refractivity contribution in [3.63, 3.8) is 0 Å². The van der Waals surface area contributed by atoms with Gasteiger partial charge in [-0.05, 0) is 35.6 Å². The predicted molar refractivity (Wildman–Crippen MR) is 84.6 cm³/mol. The molecule has 8 heteroatoms. The lowest BCUT2D eigenvalue weighted by atomic mass is 10.2. The molecule has 0 saturated heterocycles. The molecule has 0 saturated carbocycles. The number of nitro groups is 1. The van der Waals surface area contributed by atoms with E-state index in [9.17, 15) is 19.3 Å². The number of aromatic nitrogens is 2. The van der Waals surface area contributed by atoms with Gasteiger partial charge in [0.25, 0.3) is 0 Å². The molecule has 1 heterocycles. The zero-order valence-electron chi connectivity index (χ0n) is 13.2. The van der Waals surface area contributed by atoms with Crippen LogP contribution in [0.5, 0.6) is 0 Å². The highest BCUT2D eigenvalue weighted by Crippen LogP contribution is 2.15. The third-order valence-corrected chi connectivity index (χ3v) is 3.24. The quantitative estimate of drug-likeness (QED) is 0.351. The molecule has 0 aliphatic rings. The summed E-state index contributed by atoms with van der Waals surface area (Å²) >= 11 is 0. The van der Waals surface area contributed by atoms with E-state index in [1.165, 1.54) is 34.9 Å². The average molecular weight is 333 g/mol. The Balaban J connectivity index is 1.97. The highest BCUT2D eigenvalue weighted by molar-refractivity contribution is 5.87. The van der Waals surface area contributed by atoms with Crippen LogP contribution in [0.2, 0.25) is 0 Å². The molecule has 0 aliphatic carbocycles. The highest BCUT2D eigenvalue weighted by atomic mass is 19.1. The topological polar surface area (TPSA) is 87.3 Å². The molecule has 0 aliphatic heterocycles. The van der Waals surface area contributed by atoms with E-state index in [2.05, 4.69) is 4.98 Å². The van der Waals surface area contributed by atoms with Gasteiger partial charge in [0.15, 0.2) is 5.82 Å². The van der Waals surface area contributed by atoms with Crippen LogP contribution >= 0.6 is 0 Å². The SMILES string of the molecule is Cc1ncc([N+](=O)[O-])n1CC(C)OC(=O)/C=C/c1cccc(F)c1. The van der Waals surface area contributed by atoms with Crippen molar-refractivity contribution in [1.29, 1.82) is 0 Å². The first kappa shape index (κ1) is 17.3. The summed E-state index contributed by atoms with van der Waals surface area (Å²) in [5.74, 6) is -0.723. The first-order valence-corrected chi connectivity index (χ1v) is 7.17. The number of hydrogen-bond acceptors (Lipinski definition) is 5. The third kappa shape index (κ3) is 4.48. The molecule has 1 aromatic carbocycles. The molecule has 24 heavy (non-hydrogen) atoms. The van der Waals surface area contributed by atoms with Crippen LogP contribution < -0.4 is 0 Å². The molecule has 0 spiro atoms. The van der Waals surface area contributed by atoms with E-state index in [-0.39, 0.29) is 12.4 Å². The first-order valence-electron chi connectivity index (χ1n) is 7.17. The molecule has 126 valence electrons. The summed E-state index contributed by atoms with van der Waals surface area (Å²) in [7, 11) is 0. The number of aryl methyl sites for hydroxylation is 1. The summed E-state index contributed by atoms with van der Waals surface area (Å²) in [6.45, 7) is 3.37. The summed E-state index contributed by atoms with van der Waals surface area (Å²) in [6, 6.07) is 5.77. The lowest BCUT2D eigenvalue weighted by Crippen LogP contribution is -2.21. The van der Waals surface area contributed by atoms with E-state index in [0.717, 1.165) is 6.20 Å². The van der Waals surface area contributed by atoms with E-state index in [1.54, 1.807) is 19.9 Å². The molecule has 1 aromatic heterocycles. The number of hydrogen-bond donors (Lipinski definition) is 0. The van der Waals surface area contributed by atoms with E-state index in [1.807, 2.05) is 0 Å². The van der Waals surface area contributed by atoms with Crippen molar-refractivity contribution in [2.24, 2.45) is 0 Å². The number of halogens is 1. The standard InChI is InChI=1S/C16H16FN3O4/c1-11(10-19-12(2)18-9-15(19)20(22)23)24-16(21)7-6-13-4-3-5-14(17)8-13/h3-9,11H,10H2,1-2H3/b7-6+. The second-order valence-corrected chi connectivity index (χ2v) is 5.17. The van der Waals surface area contributed by atoms with Gasteiger partial charge in [0.2, 0.25) is 0 Å². The molecule has 2 aromatic rings. The maximum atomic E-state index is 13.0. The molecule has 2 rings (SSSR count). The van der Waals surface area contributed by atoms with Crippen LogP contribution in [0, 0.1) is 22.9 Å². The summed E-state index contributed by atoms with van der Waals surface area (Å²) in [4.78, 5) is 26.0. The number of ether oxygens (including phenoxy) is 1. The monoisotopic (exact) mass is 333 g/mol. The molecule has 0 bridgehead atoms. The Kier molecular flexibility index (Phi) is 5.41. The van der Waals surface area contributed by atoms with Crippen LogP contribution in [0.3, 0.4) is 0 Å². The molecule has 0 amide bonds. The van der Waals surface area contributed by atoms with Crippen LogP contribution in [0.4, 0.5) is 10.2 Å². The van der Waals surface area contributed by atoms with Crippen molar-refractivity contribution in [1.82, 2.24) is 9.55 Å². The highest BCUT2D eigenvalue weighted by Gasteiger charge is 2.21. The number of rotatable bonds is 6. The number of benzene rings is 1. The second-order valence-electron chi connectivity index (χ2n) is 5.17. The molecule has 1 unspecified atom stereocenters. The Morgan fingerprint density at radius 1 is 1.54 bits per heavy atom. The maximum absolute atomic E-state index is 13.0. The van der Waals surface area contributed by atoms with Gasteiger partial charge in [0.05, 0.1) is 0 Å². The second kappa shape index (κ2) is 7.49. The molecule has 1 atom stereocenters. The average Bonchev–Trinajstić information content (AvgIpc) is 2.86. The Morgan fingerprint density at radius 2 is 2.29 bits per heavy atom. The van der Waals surface area contributed by atoms with E-state index in [0.29, 0.717) is 11.4 Å². The van der Waals surface area contributed by atoms with Gasteiger partial charge in [-0.1, -0.05) is 12.1 Å². The van der Waals surface area contributed by atoms with E-state index >= 15 is 0 Å². The Labute approximate surface area is 137 Å². The lowest BCUT2D eigenvalue weighted by molar-refractivity contribution is -0.392. The van der Waals surface area contributed by atoms with Crippen LogP contribution in [0.1, 0.15) is 18.3 Å². The van der Waals surface area contributed by atoms with Crippen molar-refractivity contribution in [3.05, 3.63) is 63.9 Å². The number of carbonyl (C=O) groups is 1. The van der Waals surface area contributed by atoms with Crippen molar-refractivity contribution in [3.8, 4) is 0 Å². The normalized spacial score (nSPS) is 12.3. The van der Waals surface area contributed by atoms with Crippen LogP contribution in [-0.2, 0) is 16.1 Å². The van der Waals surface area contributed by atoms with E-state index < -0.39 is 22.8 Å². The fraction of sp³-hybridized carbons (Fsp3) is 0.250. The van der Waals surface area contributed by atoms with E-state index in [4.69, 9.17) is 4.74 Å². The number of imidazole rings is 1. The summed E-state index contributed by atoms with van der Waals surface area (Å²) in [6.07, 6.45) is 3.18. The van der Waals surface area contributed by atoms with Gasteiger partial charge < -0.3 is 14.9 Å². The summed E-state index contributed by atoms with van der Waals surface area (Å²) in [5, 5.41) is 10.9. The van der Waals surface area contributed by atoms with Gasteiger partial charge in [0, 0.05) is 13.0 Å². The Morgan fingerprint density at radius 3 is 2.96 bits per heavy atom. The Hall–Kier alpha value is -3.03. The predicted octanol–water partition coefficient (Wildman–Crippen LogP) is 2.88. The van der Waals surface area contributed by atoms with Crippen molar-refractivity contribution in [2.45, 2.75) is 26.5 Å². The number of nitrogens with zero attached hydrogens (tertiary/aromatic N) is 3. The maximum Gasteiger partial charge on any atom is 0.342 e. The van der Waals surface area contributed by atoms with Gasteiger partial charge in [-0.2, -0.15) is 0 Å². The zero-order valence-corrected chi connectivity index (χ0v) is 13.2. The van der Waals surface area contributed by atoms with Crippen LogP contribution in [0.25, 0.3) is 6.08 Å².